The van der Waals surface area contributed by atoms with Crippen LogP contribution in [0.2, 0.25) is 0 Å². The maximum Gasteiger partial charge on any atom is 0.142 e. The number of ether oxygens (including phenoxy) is 1. The van der Waals surface area contributed by atoms with E-state index in [9.17, 15) is 0 Å². The van der Waals surface area contributed by atoms with E-state index in [-0.39, 0.29) is 0 Å². The summed E-state index contributed by atoms with van der Waals surface area (Å²) in [5.74, 6) is 0.918. The molecule has 0 saturated carbocycles. The van der Waals surface area contributed by atoms with Gasteiger partial charge in [0.1, 0.15) is 5.75 Å². The maximum atomic E-state index is 5.44. The first-order valence-electron chi connectivity index (χ1n) is 4.06. The number of hydrogen-bond donors (Lipinski definition) is 0. The summed E-state index contributed by atoms with van der Waals surface area (Å²) in [7, 11) is 3.98. The summed E-state index contributed by atoms with van der Waals surface area (Å²) >= 11 is 0. The van der Waals surface area contributed by atoms with Crippen LogP contribution in [0, 0.1) is 6.07 Å². The lowest BCUT2D eigenvalue weighted by molar-refractivity contribution is 0.341. The topological polar surface area (TPSA) is 12.5 Å². The van der Waals surface area contributed by atoms with Crippen LogP contribution in [0.4, 0.5) is 5.69 Å². The highest BCUT2D eigenvalue weighted by Gasteiger charge is 2.02. The third kappa shape index (κ3) is 1.91. The van der Waals surface area contributed by atoms with Gasteiger partial charge in [0.05, 0.1) is 12.3 Å². The zero-order valence-electron chi connectivity index (χ0n) is 7.79. The molecule has 65 valence electrons. The van der Waals surface area contributed by atoms with Gasteiger partial charge in [-0.05, 0) is 25.1 Å². The minimum absolute atomic E-state index is 0.699. The second kappa shape index (κ2) is 4.00. The van der Waals surface area contributed by atoms with E-state index >= 15 is 0 Å². The molecule has 1 aromatic carbocycles. The Morgan fingerprint density at radius 1 is 1.50 bits per heavy atom. The summed E-state index contributed by atoms with van der Waals surface area (Å²) in [6.45, 7) is 2.68. The summed E-state index contributed by atoms with van der Waals surface area (Å²) < 4.78 is 5.44. The highest BCUT2D eigenvalue weighted by molar-refractivity contribution is 5.56. The summed E-state index contributed by atoms with van der Waals surface area (Å²) in [4.78, 5) is 2.02. The van der Waals surface area contributed by atoms with E-state index < -0.39 is 0 Å². The number of hydrogen-bond acceptors (Lipinski definition) is 2. The predicted octanol–water partition coefficient (Wildman–Crippen LogP) is 1.95. The average Bonchev–Trinajstić information content (AvgIpc) is 2.05. The van der Waals surface area contributed by atoms with E-state index in [0.29, 0.717) is 6.61 Å². The van der Waals surface area contributed by atoms with E-state index in [0.717, 1.165) is 11.4 Å². The van der Waals surface area contributed by atoms with Gasteiger partial charge in [-0.25, -0.2) is 0 Å². The van der Waals surface area contributed by atoms with Gasteiger partial charge >= 0.3 is 0 Å². The summed E-state index contributed by atoms with van der Waals surface area (Å²) in [6, 6.07) is 8.73. The van der Waals surface area contributed by atoms with E-state index in [1.165, 1.54) is 0 Å². The van der Waals surface area contributed by atoms with Crippen LogP contribution in [-0.4, -0.2) is 20.7 Å². The Morgan fingerprint density at radius 3 is 2.83 bits per heavy atom. The minimum atomic E-state index is 0.699. The second-order valence-corrected chi connectivity index (χ2v) is 2.72. The van der Waals surface area contributed by atoms with E-state index in [2.05, 4.69) is 6.07 Å². The molecule has 2 nitrogen and oxygen atoms in total. The Bertz CT molecular complexity index is 245. The lowest BCUT2D eigenvalue weighted by Crippen LogP contribution is -2.10. The molecule has 0 saturated heterocycles. The van der Waals surface area contributed by atoms with Crippen molar-refractivity contribution in [3.05, 3.63) is 24.3 Å². The van der Waals surface area contributed by atoms with Crippen molar-refractivity contribution in [1.82, 2.24) is 0 Å². The summed E-state index contributed by atoms with van der Waals surface area (Å²) in [5.41, 5.74) is 1.07. The van der Waals surface area contributed by atoms with Crippen LogP contribution in [0.5, 0.6) is 5.75 Å². The number of nitrogens with zero attached hydrogens (tertiary/aromatic N) is 1. The first kappa shape index (κ1) is 8.91. The molecule has 0 aliphatic rings. The predicted molar refractivity (Wildman–Crippen MR) is 50.8 cm³/mol. The van der Waals surface area contributed by atoms with Gasteiger partial charge in [-0.1, -0.05) is 6.07 Å². The average molecular weight is 164 g/mol. The van der Waals surface area contributed by atoms with Crippen molar-refractivity contribution in [3.8, 4) is 5.75 Å². The standard InChI is InChI=1S/C10H14NO/c1-4-12-10-8-6-5-7-9(10)11(2)3/h6-8H,4H2,1-3H3. The fourth-order valence-electron chi connectivity index (χ4n) is 1.03. The van der Waals surface area contributed by atoms with Crippen molar-refractivity contribution in [2.45, 2.75) is 6.92 Å². The van der Waals surface area contributed by atoms with Crippen molar-refractivity contribution >= 4 is 5.69 Å². The smallest absolute Gasteiger partial charge is 0.142 e. The first-order valence-corrected chi connectivity index (χ1v) is 4.06. The molecule has 0 bridgehead atoms. The normalized spacial score (nSPS) is 9.58. The van der Waals surface area contributed by atoms with Crippen molar-refractivity contribution < 1.29 is 4.74 Å². The molecule has 1 aromatic rings. The monoisotopic (exact) mass is 164 g/mol. The number of rotatable bonds is 3. The fourth-order valence-corrected chi connectivity index (χ4v) is 1.03. The third-order valence-electron chi connectivity index (χ3n) is 1.59. The molecule has 0 unspecified atom stereocenters. The van der Waals surface area contributed by atoms with E-state index in [1.807, 2.05) is 44.1 Å². The van der Waals surface area contributed by atoms with E-state index in [4.69, 9.17) is 4.74 Å². The molecule has 0 aliphatic heterocycles. The van der Waals surface area contributed by atoms with Crippen LogP contribution in [0.3, 0.4) is 0 Å². The molecule has 1 rings (SSSR count). The zero-order chi connectivity index (χ0) is 8.97. The fraction of sp³-hybridized carbons (Fsp3) is 0.400. The molecular formula is C10H14NO. The molecular weight excluding hydrogens is 150 g/mol. The molecule has 0 amide bonds. The van der Waals surface area contributed by atoms with Gasteiger partial charge in [-0.15, -0.1) is 0 Å². The van der Waals surface area contributed by atoms with Gasteiger partial charge in [0, 0.05) is 14.1 Å². The summed E-state index contributed by atoms with van der Waals surface area (Å²) in [6.07, 6.45) is 0. The third-order valence-corrected chi connectivity index (χ3v) is 1.59. The number of anilines is 1. The first-order chi connectivity index (χ1) is 5.75. The zero-order valence-corrected chi connectivity index (χ0v) is 7.79. The Morgan fingerprint density at radius 2 is 2.25 bits per heavy atom. The Balaban J connectivity index is 2.92. The van der Waals surface area contributed by atoms with Crippen molar-refractivity contribution in [1.29, 1.82) is 0 Å². The Kier molecular flexibility index (Phi) is 2.97. The van der Waals surface area contributed by atoms with Crippen molar-refractivity contribution in [2.75, 3.05) is 25.6 Å². The van der Waals surface area contributed by atoms with Gasteiger partial charge < -0.3 is 9.64 Å². The molecule has 0 spiro atoms. The quantitative estimate of drug-likeness (QED) is 0.677. The van der Waals surface area contributed by atoms with Crippen LogP contribution in [0.25, 0.3) is 0 Å². The Labute approximate surface area is 73.8 Å². The summed E-state index contributed by atoms with van der Waals surface area (Å²) in [5, 5.41) is 0. The van der Waals surface area contributed by atoms with Gasteiger partial charge in [0.25, 0.3) is 0 Å². The van der Waals surface area contributed by atoms with Crippen LogP contribution in [0.1, 0.15) is 6.92 Å². The van der Waals surface area contributed by atoms with Gasteiger partial charge in [0.2, 0.25) is 0 Å². The van der Waals surface area contributed by atoms with E-state index in [1.54, 1.807) is 0 Å². The lowest BCUT2D eigenvalue weighted by Gasteiger charge is -2.16. The largest absolute Gasteiger partial charge is 0.492 e. The molecule has 0 aliphatic carbocycles. The van der Waals surface area contributed by atoms with Gasteiger partial charge in [0.15, 0.2) is 0 Å². The molecule has 0 N–H and O–H groups in total. The highest BCUT2D eigenvalue weighted by atomic mass is 16.5. The van der Waals surface area contributed by atoms with Crippen molar-refractivity contribution in [3.63, 3.8) is 0 Å². The molecule has 2 heteroatoms. The molecule has 1 radical (unpaired) electrons. The van der Waals surface area contributed by atoms with Crippen LogP contribution in [0.15, 0.2) is 18.2 Å². The van der Waals surface area contributed by atoms with Crippen LogP contribution < -0.4 is 9.64 Å². The SMILES string of the molecule is CCOc1cc[c]cc1N(C)C. The van der Waals surface area contributed by atoms with Crippen LogP contribution >= 0.6 is 0 Å². The minimum Gasteiger partial charge on any atom is -0.492 e. The maximum absolute atomic E-state index is 5.44. The second-order valence-electron chi connectivity index (χ2n) is 2.72. The number of benzene rings is 1. The Hall–Kier alpha value is -1.18. The molecule has 0 heterocycles. The van der Waals surface area contributed by atoms with Crippen LogP contribution in [-0.2, 0) is 0 Å². The highest BCUT2D eigenvalue weighted by Crippen LogP contribution is 2.25. The molecule has 0 atom stereocenters. The van der Waals surface area contributed by atoms with Crippen molar-refractivity contribution in [2.24, 2.45) is 0 Å². The molecule has 0 aromatic heterocycles. The van der Waals surface area contributed by atoms with Gasteiger partial charge in [-0.3, -0.25) is 0 Å². The molecule has 0 fully saturated rings. The molecule has 12 heavy (non-hydrogen) atoms. The lowest BCUT2D eigenvalue weighted by atomic mass is 10.3. The van der Waals surface area contributed by atoms with Gasteiger partial charge in [-0.2, -0.15) is 0 Å².